The zero-order chi connectivity index (χ0) is 19.7. The van der Waals surface area contributed by atoms with E-state index in [2.05, 4.69) is 87.2 Å². The minimum absolute atomic E-state index is 0.0921. The third-order valence-corrected chi connectivity index (χ3v) is 5.95. The average molecular weight is 364 g/mol. The van der Waals surface area contributed by atoms with Crippen LogP contribution in [0.15, 0.2) is 48.5 Å². The fourth-order valence-corrected chi connectivity index (χ4v) is 4.32. The zero-order valence-corrected chi connectivity index (χ0v) is 17.7. The molecule has 2 aromatic carbocycles. The van der Waals surface area contributed by atoms with Crippen LogP contribution in [0, 0.1) is 6.92 Å². The van der Waals surface area contributed by atoms with Gasteiger partial charge >= 0.3 is 0 Å². The Morgan fingerprint density at radius 1 is 1.07 bits per heavy atom. The molecule has 2 aliphatic heterocycles. The van der Waals surface area contributed by atoms with Gasteiger partial charge in [-0.15, -0.1) is 0 Å². The fraction of sp³-hybridized carbons (Fsp3) is 0.440. The number of rotatable bonds is 3. The largest absolute Gasteiger partial charge is 0.349 e. The molecular formula is C25H33NO. The van der Waals surface area contributed by atoms with Crippen molar-refractivity contribution in [3.63, 3.8) is 0 Å². The number of benzene rings is 2. The van der Waals surface area contributed by atoms with Crippen LogP contribution in [0.3, 0.4) is 0 Å². The van der Waals surface area contributed by atoms with Gasteiger partial charge in [0.15, 0.2) is 5.72 Å². The maximum Gasteiger partial charge on any atom is 0.170 e. The number of hydrogen-bond acceptors (Lipinski definition) is 2. The Hall–Kier alpha value is -2.06. The SMILES string of the molecule is CC.CCc1ccc2c(c1)C(C)(C)C1(/C=C\c3ccc(C)cc3)OCCN21. The molecule has 144 valence electrons. The normalized spacial score (nSPS) is 22.4. The number of ether oxygens (including phenoxy) is 1. The van der Waals surface area contributed by atoms with Crippen molar-refractivity contribution in [2.24, 2.45) is 0 Å². The summed E-state index contributed by atoms with van der Waals surface area (Å²) in [6.07, 6.45) is 5.55. The standard InChI is InChI=1S/C23H27NO.C2H6/c1-5-18-10-11-21-20(16-18)22(3,4)23(24(21)14-15-25-23)13-12-19-8-6-17(2)7-9-19;1-2/h6-13,16H,5,14-15H2,1-4H3;1-2H3/b13-12-;. The van der Waals surface area contributed by atoms with E-state index < -0.39 is 5.72 Å². The lowest BCUT2D eigenvalue weighted by atomic mass is 9.76. The van der Waals surface area contributed by atoms with Gasteiger partial charge in [0.25, 0.3) is 0 Å². The minimum atomic E-state index is -0.396. The summed E-state index contributed by atoms with van der Waals surface area (Å²) in [5.74, 6) is 0. The predicted octanol–water partition coefficient (Wildman–Crippen LogP) is 6.12. The topological polar surface area (TPSA) is 12.5 Å². The summed E-state index contributed by atoms with van der Waals surface area (Å²) in [5.41, 5.74) is 6.14. The maximum atomic E-state index is 6.42. The molecule has 1 saturated heterocycles. The van der Waals surface area contributed by atoms with Crippen molar-refractivity contribution in [1.29, 1.82) is 0 Å². The molecule has 0 bridgehead atoms. The van der Waals surface area contributed by atoms with E-state index in [4.69, 9.17) is 4.74 Å². The van der Waals surface area contributed by atoms with Crippen molar-refractivity contribution >= 4 is 11.8 Å². The molecule has 2 heteroatoms. The molecule has 1 fully saturated rings. The van der Waals surface area contributed by atoms with Gasteiger partial charge in [0.2, 0.25) is 0 Å². The second kappa shape index (κ2) is 7.52. The Morgan fingerprint density at radius 3 is 2.44 bits per heavy atom. The first-order valence-electron chi connectivity index (χ1n) is 10.3. The Bertz CT molecular complexity index is 819. The summed E-state index contributed by atoms with van der Waals surface area (Å²) in [4.78, 5) is 2.45. The van der Waals surface area contributed by atoms with Crippen LogP contribution in [0.5, 0.6) is 0 Å². The van der Waals surface area contributed by atoms with Crippen LogP contribution in [-0.4, -0.2) is 18.9 Å². The Balaban J connectivity index is 0.00000102. The molecule has 4 rings (SSSR count). The summed E-state index contributed by atoms with van der Waals surface area (Å²) < 4.78 is 6.42. The number of fused-ring (bicyclic) bond motifs is 3. The van der Waals surface area contributed by atoms with Crippen LogP contribution >= 0.6 is 0 Å². The van der Waals surface area contributed by atoms with Gasteiger partial charge in [0.1, 0.15) is 0 Å². The Labute approximate surface area is 164 Å². The van der Waals surface area contributed by atoms with Crippen molar-refractivity contribution in [3.05, 3.63) is 70.8 Å². The summed E-state index contributed by atoms with van der Waals surface area (Å²) in [6.45, 7) is 14.7. The summed E-state index contributed by atoms with van der Waals surface area (Å²) >= 11 is 0. The second-order valence-corrected chi connectivity index (χ2v) is 7.77. The quantitative estimate of drug-likeness (QED) is 0.651. The van der Waals surface area contributed by atoms with E-state index in [1.165, 1.54) is 27.9 Å². The van der Waals surface area contributed by atoms with Crippen LogP contribution in [-0.2, 0) is 16.6 Å². The zero-order valence-electron chi connectivity index (χ0n) is 17.7. The van der Waals surface area contributed by atoms with E-state index in [1.54, 1.807) is 0 Å². The molecule has 0 aliphatic carbocycles. The molecule has 0 spiro atoms. The molecule has 2 aromatic rings. The van der Waals surface area contributed by atoms with E-state index in [0.717, 1.165) is 19.6 Å². The maximum absolute atomic E-state index is 6.42. The number of anilines is 1. The first kappa shape index (κ1) is 19.7. The van der Waals surface area contributed by atoms with Crippen molar-refractivity contribution < 1.29 is 4.74 Å². The van der Waals surface area contributed by atoms with Crippen molar-refractivity contribution in [2.75, 3.05) is 18.1 Å². The van der Waals surface area contributed by atoms with Crippen LogP contribution in [0.25, 0.3) is 6.08 Å². The molecule has 1 atom stereocenters. The highest BCUT2D eigenvalue weighted by molar-refractivity contribution is 5.70. The highest BCUT2D eigenvalue weighted by Gasteiger charge is 2.59. The van der Waals surface area contributed by atoms with E-state index in [1.807, 2.05) is 13.8 Å². The minimum Gasteiger partial charge on any atom is -0.349 e. The lowest BCUT2D eigenvalue weighted by Crippen LogP contribution is -2.51. The molecule has 0 aromatic heterocycles. The monoisotopic (exact) mass is 363 g/mol. The van der Waals surface area contributed by atoms with Gasteiger partial charge in [0.05, 0.1) is 6.61 Å². The third-order valence-electron chi connectivity index (χ3n) is 5.95. The first-order chi connectivity index (χ1) is 13.0. The van der Waals surface area contributed by atoms with E-state index >= 15 is 0 Å². The van der Waals surface area contributed by atoms with Crippen molar-refractivity contribution in [2.45, 2.75) is 59.1 Å². The second-order valence-electron chi connectivity index (χ2n) is 7.77. The lowest BCUT2D eigenvalue weighted by Gasteiger charge is -2.39. The molecule has 0 radical (unpaired) electrons. The molecule has 27 heavy (non-hydrogen) atoms. The van der Waals surface area contributed by atoms with Gasteiger partial charge in [-0.2, -0.15) is 0 Å². The Morgan fingerprint density at radius 2 is 1.78 bits per heavy atom. The van der Waals surface area contributed by atoms with Gasteiger partial charge in [0, 0.05) is 17.6 Å². The molecule has 2 heterocycles. The van der Waals surface area contributed by atoms with Gasteiger partial charge in [-0.1, -0.05) is 82.7 Å². The molecule has 0 saturated carbocycles. The van der Waals surface area contributed by atoms with E-state index in [-0.39, 0.29) is 5.41 Å². The highest BCUT2D eigenvalue weighted by Crippen LogP contribution is 2.55. The number of hydrogen-bond donors (Lipinski definition) is 0. The summed E-state index contributed by atoms with van der Waals surface area (Å²) in [6, 6.07) is 15.6. The molecule has 1 unspecified atom stereocenters. The first-order valence-corrected chi connectivity index (χ1v) is 10.3. The van der Waals surface area contributed by atoms with Crippen LogP contribution < -0.4 is 4.90 Å². The number of nitrogens with zero attached hydrogens (tertiary/aromatic N) is 1. The van der Waals surface area contributed by atoms with Crippen LogP contribution in [0.1, 0.15) is 56.9 Å². The molecule has 2 aliphatic rings. The lowest BCUT2D eigenvalue weighted by molar-refractivity contribution is 0.000325. The molecular weight excluding hydrogens is 330 g/mol. The average Bonchev–Trinajstić information content (AvgIpc) is 3.20. The third kappa shape index (κ3) is 3.10. The fourth-order valence-electron chi connectivity index (χ4n) is 4.32. The number of aryl methyl sites for hydroxylation is 2. The highest BCUT2D eigenvalue weighted by atomic mass is 16.5. The summed E-state index contributed by atoms with van der Waals surface area (Å²) in [5, 5.41) is 0. The van der Waals surface area contributed by atoms with Gasteiger partial charge < -0.3 is 9.64 Å². The smallest absolute Gasteiger partial charge is 0.170 e. The van der Waals surface area contributed by atoms with Gasteiger partial charge in [-0.05, 0) is 42.2 Å². The van der Waals surface area contributed by atoms with Crippen molar-refractivity contribution in [1.82, 2.24) is 0 Å². The molecule has 0 amide bonds. The van der Waals surface area contributed by atoms with Crippen molar-refractivity contribution in [3.8, 4) is 0 Å². The Kier molecular flexibility index (Phi) is 5.48. The van der Waals surface area contributed by atoms with Crippen LogP contribution in [0.4, 0.5) is 5.69 Å². The molecule has 2 nitrogen and oxygen atoms in total. The predicted molar refractivity (Wildman–Crippen MR) is 116 cm³/mol. The molecule has 0 N–H and O–H groups in total. The van der Waals surface area contributed by atoms with E-state index in [9.17, 15) is 0 Å². The van der Waals surface area contributed by atoms with Gasteiger partial charge in [-0.3, -0.25) is 0 Å². The van der Waals surface area contributed by atoms with Gasteiger partial charge in [-0.25, -0.2) is 0 Å². The van der Waals surface area contributed by atoms with E-state index in [0.29, 0.717) is 0 Å². The summed E-state index contributed by atoms with van der Waals surface area (Å²) in [7, 11) is 0. The van der Waals surface area contributed by atoms with Crippen LogP contribution in [0.2, 0.25) is 0 Å².